The summed E-state index contributed by atoms with van der Waals surface area (Å²) in [6.45, 7) is 1.53. The molecule has 0 fully saturated rings. The fourth-order valence-corrected chi connectivity index (χ4v) is 3.27. The zero-order chi connectivity index (χ0) is 18.7. The number of esters is 1. The maximum absolute atomic E-state index is 13.7. The van der Waals surface area contributed by atoms with Crippen molar-refractivity contribution in [1.82, 2.24) is 0 Å². The third-order valence-corrected chi connectivity index (χ3v) is 4.76. The monoisotopic (exact) mass is 372 g/mol. The van der Waals surface area contributed by atoms with Gasteiger partial charge in [-0.1, -0.05) is 29.8 Å². The Bertz CT molecular complexity index is 869. The van der Waals surface area contributed by atoms with Gasteiger partial charge in [-0.05, 0) is 61.6 Å². The van der Waals surface area contributed by atoms with Crippen LogP contribution in [0.2, 0.25) is 5.02 Å². The average Bonchev–Trinajstić information content (AvgIpc) is 3.08. The summed E-state index contributed by atoms with van der Waals surface area (Å²) >= 11 is 5.90. The summed E-state index contributed by atoms with van der Waals surface area (Å²) in [5.74, 6) is -1.53. The molecule has 0 saturated carbocycles. The summed E-state index contributed by atoms with van der Waals surface area (Å²) in [5, 5.41) is 0.191. The molecule has 1 atom stereocenters. The van der Waals surface area contributed by atoms with Crippen LogP contribution in [-0.2, 0) is 22.4 Å². The first-order valence-electron chi connectivity index (χ1n) is 8.44. The van der Waals surface area contributed by atoms with E-state index in [9.17, 15) is 14.0 Å². The highest BCUT2D eigenvalue weighted by Gasteiger charge is 2.21. The number of halogens is 2. The van der Waals surface area contributed by atoms with Gasteiger partial charge in [0, 0.05) is 17.2 Å². The van der Waals surface area contributed by atoms with E-state index in [-0.39, 0.29) is 16.4 Å². The number of ketones is 1. The molecule has 26 heavy (non-hydrogen) atoms. The van der Waals surface area contributed by atoms with Gasteiger partial charge < -0.3 is 4.74 Å². The van der Waals surface area contributed by atoms with Crippen LogP contribution >= 0.6 is 11.6 Å². The van der Waals surface area contributed by atoms with E-state index in [0.29, 0.717) is 5.56 Å². The summed E-state index contributed by atoms with van der Waals surface area (Å²) in [4.78, 5) is 24.4. The normalized spacial score (nSPS) is 14.3. The third kappa shape index (κ3) is 4.02. The van der Waals surface area contributed by atoms with Crippen LogP contribution in [0, 0.1) is 5.82 Å². The minimum atomic E-state index is -0.928. The number of benzene rings is 2. The summed E-state index contributed by atoms with van der Waals surface area (Å²) in [6, 6.07) is 9.86. The molecule has 0 radical (unpaired) electrons. The van der Waals surface area contributed by atoms with E-state index in [0.717, 1.165) is 25.3 Å². The van der Waals surface area contributed by atoms with Crippen LogP contribution < -0.4 is 0 Å². The number of carbonyl (C=O) groups is 2. The highest BCUT2D eigenvalue weighted by Crippen LogP contribution is 2.24. The van der Waals surface area contributed by atoms with Crippen molar-refractivity contribution in [2.75, 3.05) is 0 Å². The second kappa shape index (κ2) is 7.83. The summed E-state index contributed by atoms with van der Waals surface area (Å²) in [7, 11) is 0. The van der Waals surface area contributed by atoms with Crippen LogP contribution in [0.5, 0.6) is 0 Å². The van der Waals surface area contributed by atoms with Crippen molar-refractivity contribution in [3.8, 4) is 0 Å². The maximum atomic E-state index is 13.7. The topological polar surface area (TPSA) is 43.4 Å². The molecule has 0 N–H and O–H groups in total. The molecule has 3 nitrogen and oxygen atoms in total. The molecule has 134 valence electrons. The van der Waals surface area contributed by atoms with Gasteiger partial charge in [-0.2, -0.15) is 0 Å². The fourth-order valence-electron chi connectivity index (χ4n) is 3.05. The number of fused-ring (bicyclic) bond motifs is 1. The smallest absolute Gasteiger partial charge is 0.331 e. The Hall–Kier alpha value is -2.46. The van der Waals surface area contributed by atoms with E-state index >= 15 is 0 Å². The van der Waals surface area contributed by atoms with Crippen molar-refractivity contribution in [3.63, 3.8) is 0 Å². The lowest BCUT2D eigenvalue weighted by atomic mass is 10.0. The van der Waals surface area contributed by atoms with Crippen LogP contribution in [0.3, 0.4) is 0 Å². The van der Waals surface area contributed by atoms with Crippen LogP contribution in [0.25, 0.3) is 6.08 Å². The Labute approximate surface area is 156 Å². The Balaban J connectivity index is 1.65. The van der Waals surface area contributed by atoms with Crippen LogP contribution in [0.1, 0.15) is 40.4 Å². The highest BCUT2D eigenvalue weighted by atomic mass is 35.5. The first-order valence-corrected chi connectivity index (χ1v) is 8.82. The minimum absolute atomic E-state index is 0.101. The number of carbonyl (C=O) groups excluding carboxylic acids is 2. The molecule has 0 aliphatic heterocycles. The molecular weight excluding hydrogens is 355 g/mol. The quantitative estimate of drug-likeness (QED) is 0.430. The van der Waals surface area contributed by atoms with Gasteiger partial charge in [0.2, 0.25) is 5.78 Å². The summed E-state index contributed by atoms with van der Waals surface area (Å²) in [6.07, 6.45) is 4.49. The molecule has 5 heteroatoms. The molecule has 0 unspecified atom stereocenters. The van der Waals surface area contributed by atoms with Crippen LogP contribution in [0.4, 0.5) is 4.39 Å². The highest BCUT2D eigenvalue weighted by molar-refractivity contribution is 6.32. The second-order valence-corrected chi connectivity index (χ2v) is 6.66. The summed E-state index contributed by atoms with van der Waals surface area (Å²) < 4.78 is 18.8. The Morgan fingerprint density at radius 3 is 2.73 bits per heavy atom. The molecule has 0 aromatic heterocycles. The van der Waals surface area contributed by atoms with Crippen molar-refractivity contribution in [2.45, 2.75) is 32.3 Å². The van der Waals surface area contributed by atoms with Crippen molar-refractivity contribution in [3.05, 3.63) is 75.6 Å². The molecule has 3 rings (SSSR count). The number of rotatable bonds is 5. The Morgan fingerprint density at radius 1 is 1.19 bits per heavy atom. The van der Waals surface area contributed by atoms with E-state index in [2.05, 4.69) is 0 Å². The van der Waals surface area contributed by atoms with E-state index < -0.39 is 17.9 Å². The van der Waals surface area contributed by atoms with E-state index in [1.54, 1.807) is 6.07 Å². The van der Waals surface area contributed by atoms with Crippen molar-refractivity contribution in [1.29, 1.82) is 0 Å². The van der Waals surface area contributed by atoms with E-state index in [4.69, 9.17) is 16.3 Å². The Kier molecular flexibility index (Phi) is 5.52. The molecule has 0 amide bonds. The van der Waals surface area contributed by atoms with Crippen molar-refractivity contribution < 1.29 is 18.7 Å². The summed E-state index contributed by atoms with van der Waals surface area (Å²) in [5.41, 5.74) is 3.09. The molecule has 2 aromatic carbocycles. The van der Waals surface area contributed by atoms with Gasteiger partial charge in [-0.3, -0.25) is 4.79 Å². The molecule has 0 bridgehead atoms. The van der Waals surface area contributed by atoms with Gasteiger partial charge >= 0.3 is 5.97 Å². The molecule has 2 aromatic rings. The third-order valence-electron chi connectivity index (χ3n) is 4.43. The van der Waals surface area contributed by atoms with Gasteiger partial charge in [0.15, 0.2) is 6.10 Å². The lowest BCUT2D eigenvalue weighted by Gasteiger charge is -2.12. The second-order valence-electron chi connectivity index (χ2n) is 6.25. The molecular formula is C21H18ClFO3. The number of hydrogen-bond acceptors (Lipinski definition) is 3. The van der Waals surface area contributed by atoms with E-state index in [1.165, 1.54) is 42.3 Å². The Morgan fingerprint density at radius 2 is 1.96 bits per heavy atom. The average molecular weight is 373 g/mol. The lowest BCUT2D eigenvalue weighted by molar-refractivity contribution is -0.140. The van der Waals surface area contributed by atoms with Crippen molar-refractivity contribution in [2.24, 2.45) is 0 Å². The number of ether oxygens (including phenoxy) is 1. The minimum Gasteiger partial charge on any atom is -0.451 e. The molecule has 0 heterocycles. The maximum Gasteiger partial charge on any atom is 0.331 e. The first-order chi connectivity index (χ1) is 12.5. The SMILES string of the molecule is C[C@@H](OC(=O)/C=C/c1c(F)cccc1Cl)C(=O)c1ccc2c(c1)CCC2. The predicted molar refractivity (Wildman–Crippen MR) is 98.8 cm³/mol. The predicted octanol–water partition coefficient (Wildman–Crippen LogP) is 4.80. The number of aryl methyl sites for hydroxylation is 2. The van der Waals surface area contributed by atoms with Gasteiger partial charge in [0.05, 0.1) is 5.02 Å². The molecule has 0 spiro atoms. The lowest BCUT2D eigenvalue weighted by Crippen LogP contribution is -2.23. The molecule has 0 saturated heterocycles. The molecule has 1 aliphatic carbocycles. The van der Waals surface area contributed by atoms with Gasteiger partial charge in [-0.15, -0.1) is 0 Å². The number of Topliss-reactive ketones (excluding diaryl/α,β-unsaturated/α-hetero) is 1. The van der Waals surface area contributed by atoms with Crippen LogP contribution in [-0.4, -0.2) is 17.9 Å². The molecule has 1 aliphatic rings. The van der Waals surface area contributed by atoms with Gasteiger partial charge in [0.25, 0.3) is 0 Å². The number of hydrogen-bond donors (Lipinski definition) is 0. The van der Waals surface area contributed by atoms with E-state index in [1.807, 2.05) is 12.1 Å². The van der Waals surface area contributed by atoms with Gasteiger partial charge in [0.1, 0.15) is 5.82 Å². The zero-order valence-corrected chi connectivity index (χ0v) is 15.1. The fraction of sp³-hybridized carbons (Fsp3) is 0.238. The van der Waals surface area contributed by atoms with Crippen LogP contribution in [0.15, 0.2) is 42.5 Å². The van der Waals surface area contributed by atoms with Gasteiger partial charge in [-0.25, -0.2) is 9.18 Å². The van der Waals surface area contributed by atoms with Crippen molar-refractivity contribution >= 4 is 29.4 Å². The standard InChI is InChI=1S/C21H18ClFO3/c1-13(21(25)16-9-8-14-4-2-5-15(14)12-16)26-20(24)11-10-17-18(22)6-3-7-19(17)23/h3,6-13H,2,4-5H2,1H3/b11-10+/t13-/m1/s1. The largest absolute Gasteiger partial charge is 0.451 e. The first kappa shape index (κ1) is 18.3. The zero-order valence-electron chi connectivity index (χ0n) is 14.3.